The van der Waals surface area contributed by atoms with E-state index in [-0.39, 0.29) is 0 Å². The normalized spacial score (nSPS) is 10.6. The van der Waals surface area contributed by atoms with Crippen molar-refractivity contribution in [1.29, 1.82) is 0 Å². The van der Waals surface area contributed by atoms with E-state index in [0.29, 0.717) is 0 Å². The zero-order valence-electron chi connectivity index (χ0n) is 6.74. The fourth-order valence-electron chi connectivity index (χ4n) is 0. The van der Waals surface area contributed by atoms with Gasteiger partial charge in [0, 0.05) is 10.4 Å². The van der Waals surface area contributed by atoms with Crippen LogP contribution in [0.2, 0.25) is 0 Å². The standard InChI is InChI=1S/C3H6O3.H2O4S.2O.U/c1-2(4)3(5)6;1-5(2,3)4;;;/h2,4H,1H3,(H,5,6);(H2,1,2,3,4);;;/q;;;;+2/p-2. The molecule has 0 amide bonds. The summed E-state index contributed by atoms with van der Waals surface area (Å²) in [5.41, 5.74) is 0. The van der Waals surface area contributed by atoms with Crippen LogP contribution >= 0.6 is 0 Å². The molecule has 0 spiro atoms. The Bertz CT molecular complexity index is 264. The molecule has 0 rings (SSSR count). The topological polar surface area (TPSA) is 172 Å². The molecular weight excluding hydrogens is 450 g/mol. The molecule has 0 heterocycles. The minimum absolute atomic E-state index is 1.19. The van der Waals surface area contributed by atoms with Gasteiger partial charge in [0.25, 0.3) is 0 Å². The summed E-state index contributed by atoms with van der Waals surface area (Å²) >= 11 is -2.51. The van der Waals surface area contributed by atoms with Gasteiger partial charge in [0.15, 0.2) is 0 Å². The van der Waals surface area contributed by atoms with Gasteiger partial charge in [-0.1, -0.05) is 0 Å². The van der Waals surface area contributed by atoms with E-state index in [2.05, 4.69) is 0 Å². The second-order valence-electron chi connectivity index (χ2n) is 1.51. The number of aliphatic hydroxyl groups excluding tert-OH is 1. The summed E-state index contributed by atoms with van der Waals surface area (Å²) in [4.78, 5) is 9.45. The van der Waals surface area contributed by atoms with Crippen molar-refractivity contribution in [3.05, 3.63) is 0 Å². The Kier molecular flexibility index (Phi) is 15.4. The predicted molar refractivity (Wildman–Crippen MR) is 31.2 cm³/mol. The SMILES string of the molecule is CC(O)C(=O)O.O=S(=O)([O-])[O-].[O]=[U+2]=[O]. The van der Waals surface area contributed by atoms with E-state index in [0.717, 1.165) is 0 Å². The average molecular weight is 456 g/mol. The van der Waals surface area contributed by atoms with E-state index in [1.165, 1.54) is 6.92 Å². The van der Waals surface area contributed by atoms with E-state index >= 15 is 0 Å². The van der Waals surface area contributed by atoms with E-state index in [9.17, 15) is 4.79 Å². The van der Waals surface area contributed by atoms with Gasteiger partial charge < -0.3 is 19.3 Å². The summed E-state index contributed by atoms with van der Waals surface area (Å²) in [5, 5.41) is 15.8. The molecule has 0 aliphatic rings. The average Bonchev–Trinajstić information content (AvgIpc) is 1.84. The number of aliphatic carboxylic acids is 1. The first-order valence-corrected chi connectivity index (χ1v) is 7.36. The molecule has 0 radical (unpaired) electrons. The third kappa shape index (κ3) is 91.8. The zero-order chi connectivity index (χ0) is 12.4. The van der Waals surface area contributed by atoms with Crippen LogP contribution in [0, 0.1) is 27.8 Å². The van der Waals surface area contributed by atoms with Crippen molar-refractivity contribution < 1.29 is 64.8 Å². The predicted octanol–water partition coefficient (Wildman–Crippen LogP) is -2.12. The van der Waals surface area contributed by atoms with Crippen LogP contribution in [0.4, 0.5) is 0 Å². The number of hydrogen-bond donors (Lipinski definition) is 2. The van der Waals surface area contributed by atoms with Crippen LogP contribution < -0.4 is 0 Å². The molecule has 0 fully saturated rings. The van der Waals surface area contributed by atoms with Gasteiger partial charge in [-0.3, -0.25) is 8.42 Å². The fraction of sp³-hybridized carbons (Fsp3) is 0.667. The van der Waals surface area contributed by atoms with Gasteiger partial charge in [-0.05, 0) is 6.92 Å². The molecule has 0 aromatic carbocycles. The van der Waals surface area contributed by atoms with Crippen molar-refractivity contribution in [2.45, 2.75) is 13.0 Å². The molecule has 11 heteroatoms. The van der Waals surface area contributed by atoms with Crippen molar-refractivity contribution >= 4 is 16.4 Å². The van der Waals surface area contributed by atoms with Crippen molar-refractivity contribution in [3.8, 4) is 0 Å². The summed E-state index contributed by atoms with van der Waals surface area (Å²) < 4.78 is 51.3. The van der Waals surface area contributed by atoms with Crippen LogP contribution in [-0.4, -0.2) is 39.8 Å². The Morgan fingerprint density at radius 2 is 1.43 bits per heavy atom. The maximum atomic E-state index is 9.45. The van der Waals surface area contributed by atoms with E-state index in [1.807, 2.05) is 0 Å². The van der Waals surface area contributed by atoms with Crippen molar-refractivity contribution in [2.75, 3.05) is 0 Å². The quantitative estimate of drug-likeness (QED) is 0.330. The van der Waals surface area contributed by atoms with Crippen LogP contribution in [0.3, 0.4) is 0 Å². The van der Waals surface area contributed by atoms with Crippen LogP contribution in [0.25, 0.3) is 0 Å². The molecule has 0 saturated carbocycles. The number of carbonyl (C=O) groups is 1. The van der Waals surface area contributed by atoms with Crippen LogP contribution in [-0.2, 0) is 19.7 Å². The molecule has 1 atom stereocenters. The Hall–Kier alpha value is -0.0481. The number of carboxylic acids is 1. The molecule has 0 aromatic heterocycles. The van der Waals surface area contributed by atoms with Gasteiger partial charge >= 0.3 is 38.3 Å². The Balaban J connectivity index is -0.000000138. The molecule has 82 valence electrons. The molecular formula is C3H6O9SU. The monoisotopic (exact) mass is 456 g/mol. The summed E-state index contributed by atoms with van der Waals surface area (Å²) in [6, 6.07) is 0. The summed E-state index contributed by atoms with van der Waals surface area (Å²) in [6.07, 6.45) is -1.23. The van der Waals surface area contributed by atoms with Crippen LogP contribution in [0.5, 0.6) is 0 Å². The third-order valence-electron chi connectivity index (χ3n) is 0.357. The Morgan fingerprint density at radius 1 is 1.36 bits per heavy atom. The molecule has 2 N–H and O–H groups in total. The molecule has 0 bridgehead atoms. The van der Waals surface area contributed by atoms with Gasteiger partial charge in [0.05, 0.1) is 0 Å². The molecule has 0 aliphatic heterocycles. The minimum atomic E-state index is -5.17. The van der Waals surface area contributed by atoms with Gasteiger partial charge in [-0.25, -0.2) is 4.79 Å². The van der Waals surface area contributed by atoms with Crippen LogP contribution in [0.1, 0.15) is 6.92 Å². The molecule has 0 saturated heterocycles. The summed E-state index contributed by atoms with van der Waals surface area (Å²) in [7, 11) is -5.17. The van der Waals surface area contributed by atoms with E-state index in [4.69, 9.17) is 32.2 Å². The summed E-state index contributed by atoms with van der Waals surface area (Å²) in [6.45, 7) is 1.20. The molecule has 14 heavy (non-hydrogen) atoms. The number of aliphatic hydroxyl groups is 1. The Morgan fingerprint density at radius 3 is 1.43 bits per heavy atom. The molecule has 9 nitrogen and oxygen atoms in total. The fourth-order valence-corrected chi connectivity index (χ4v) is 0. The third-order valence-corrected chi connectivity index (χ3v) is 0.357. The van der Waals surface area contributed by atoms with E-state index < -0.39 is 50.3 Å². The van der Waals surface area contributed by atoms with Gasteiger partial charge in [-0.15, -0.1) is 0 Å². The second kappa shape index (κ2) is 11.0. The summed E-state index contributed by atoms with van der Waals surface area (Å²) in [5.74, 6) is -1.19. The first-order chi connectivity index (χ1) is 6.06. The van der Waals surface area contributed by atoms with Gasteiger partial charge in [-0.2, -0.15) is 0 Å². The molecule has 1 unspecified atom stereocenters. The Labute approximate surface area is 93.9 Å². The van der Waals surface area contributed by atoms with Crippen LogP contribution in [0.15, 0.2) is 0 Å². The number of carboxylic acid groups (broad SMARTS) is 1. The first kappa shape index (κ1) is 19.5. The number of rotatable bonds is 1. The van der Waals surface area contributed by atoms with E-state index in [1.54, 1.807) is 0 Å². The van der Waals surface area contributed by atoms with Gasteiger partial charge in [0.2, 0.25) is 0 Å². The number of hydrogen-bond acceptors (Lipinski definition) is 8. The van der Waals surface area contributed by atoms with Gasteiger partial charge in [0.1, 0.15) is 6.10 Å². The van der Waals surface area contributed by atoms with Crippen molar-refractivity contribution in [3.63, 3.8) is 0 Å². The zero-order valence-corrected chi connectivity index (χ0v) is 11.7. The van der Waals surface area contributed by atoms with Crippen molar-refractivity contribution in [2.24, 2.45) is 0 Å². The van der Waals surface area contributed by atoms with Crippen molar-refractivity contribution in [1.82, 2.24) is 0 Å². The molecule has 0 aliphatic carbocycles. The maximum absolute atomic E-state index is 9.45. The second-order valence-corrected chi connectivity index (χ2v) is 3.02. The molecule has 0 aromatic rings. The first-order valence-electron chi connectivity index (χ1n) is 2.63.